The molecule has 8 nitrogen and oxygen atoms in total. The van der Waals surface area contributed by atoms with Crippen molar-refractivity contribution in [1.29, 1.82) is 0 Å². The van der Waals surface area contributed by atoms with E-state index in [-0.39, 0.29) is 12.3 Å². The number of ketones is 1. The number of rotatable bonds is 3. The number of benzene rings is 1. The summed E-state index contributed by atoms with van der Waals surface area (Å²) in [5, 5.41) is 0. The molecule has 1 unspecified atom stereocenters. The summed E-state index contributed by atoms with van der Waals surface area (Å²) in [6, 6.07) is 4.69. The molecule has 0 aliphatic carbocycles. The Morgan fingerprint density at radius 3 is 2.52 bits per heavy atom. The fourth-order valence-electron chi connectivity index (χ4n) is 2.13. The molecular formula is C15H17N3O5. The predicted molar refractivity (Wildman–Crippen MR) is 80.8 cm³/mol. The maximum absolute atomic E-state index is 12.3. The van der Waals surface area contributed by atoms with Crippen molar-refractivity contribution in [1.82, 2.24) is 10.9 Å². The molecule has 1 aromatic rings. The van der Waals surface area contributed by atoms with E-state index in [4.69, 9.17) is 4.74 Å². The number of anilines is 1. The number of hydrogen-bond donors (Lipinski definition) is 2. The first-order chi connectivity index (χ1) is 10.8. The van der Waals surface area contributed by atoms with Gasteiger partial charge < -0.3 is 4.74 Å². The molecule has 3 amide bonds. The van der Waals surface area contributed by atoms with E-state index in [0.29, 0.717) is 17.0 Å². The normalized spacial score (nSPS) is 16.2. The van der Waals surface area contributed by atoms with Crippen LogP contribution in [0.3, 0.4) is 0 Å². The van der Waals surface area contributed by atoms with Crippen molar-refractivity contribution in [2.45, 2.75) is 26.9 Å². The van der Waals surface area contributed by atoms with Gasteiger partial charge in [0.25, 0.3) is 11.8 Å². The molecule has 1 heterocycles. The van der Waals surface area contributed by atoms with Crippen molar-refractivity contribution >= 4 is 29.2 Å². The third-order valence-corrected chi connectivity index (χ3v) is 3.25. The number of Topliss-reactive ketones (excluding diaryl/α,β-unsaturated/α-hetero) is 1. The lowest BCUT2D eigenvalue weighted by molar-refractivity contribution is -0.129. The van der Waals surface area contributed by atoms with Crippen LogP contribution < -0.4 is 20.5 Å². The molecular weight excluding hydrogens is 302 g/mol. The van der Waals surface area contributed by atoms with Crippen LogP contribution in [0.5, 0.6) is 5.75 Å². The molecule has 0 spiro atoms. The van der Waals surface area contributed by atoms with Gasteiger partial charge >= 0.3 is 0 Å². The lowest BCUT2D eigenvalue weighted by atomic mass is 10.1. The van der Waals surface area contributed by atoms with Crippen molar-refractivity contribution in [2.24, 2.45) is 0 Å². The second kappa shape index (κ2) is 6.47. The van der Waals surface area contributed by atoms with Crippen LogP contribution in [0.1, 0.15) is 31.1 Å². The molecule has 0 saturated heterocycles. The number of ether oxygens (including phenoxy) is 1. The fourth-order valence-corrected chi connectivity index (χ4v) is 2.13. The van der Waals surface area contributed by atoms with E-state index >= 15 is 0 Å². The summed E-state index contributed by atoms with van der Waals surface area (Å²) in [6.45, 7) is 3.92. The molecule has 1 atom stereocenters. The van der Waals surface area contributed by atoms with Gasteiger partial charge in [0.2, 0.25) is 5.91 Å². The van der Waals surface area contributed by atoms with Gasteiger partial charge in [0.15, 0.2) is 11.9 Å². The summed E-state index contributed by atoms with van der Waals surface area (Å²) in [7, 11) is 0. The van der Waals surface area contributed by atoms with Gasteiger partial charge in [0.05, 0.1) is 5.69 Å². The average molecular weight is 319 g/mol. The van der Waals surface area contributed by atoms with Crippen molar-refractivity contribution in [3.05, 3.63) is 23.8 Å². The van der Waals surface area contributed by atoms with Crippen molar-refractivity contribution < 1.29 is 23.9 Å². The number of nitrogens with one attached hydrogen (secondary N) is 2. The zero-order chi connectivity index (χ0) is 17.1. The van der Waals surface area contributed by atoms with Gasteiger partial charge in [-0.3, -0.25) is 34.9 Å². The molecule has 0 radical (unpaired) electrons. The molecule has 8 heteroatoms. The number of nitrogens with zero attached hydrogens (tertiary/aromatic N) is 1. The molecule has 1 aliphatic heterocycles. The zero-order valence-electron chi connectivity index (χ0n) is 13.0. The monoisotopic (exact) mass is 319 g/mol. The first kappa shape index (κ1) is 16.5. The summed E-state index contributed by atoms with van der Waals surface area (Å²) in [5.74, 6) is -1.16. The molecule has 0 aromatic heterocycles. The number of carbonyl (C=O) groups excluding carboxylic acids is 4. The first-order valence-electron chi connectivity index (χ1n) is 6.98. The van der Waals surface area contributed by atoms with Gasteiger partial charge in [-0.15, -0.1) is 0 Å². The van der Waals surface area contributed by atoms with Gasteiger partial charge in [0, 0.05) is 12.5 Å². The lowest BCUT2D eigenvalue weighted by Crippen LogP contribution is -2.51. The maximum atomic E-state index is 12.3. The Bertz CT molecular complexity index is 686. The standard InChI is InChI=1S/C15H17N3O5/c1-8(19)11-4-5-13-12(6-11)18(15(22)9(2)23-13)7-14(21)17-16-10(3)20/h4-6,9H,7H2,1-3H3,(H,16,20)(H,17,21). The molecule has 0 saturated carbocycles. The molecule has 1 aromatic carbocycles. The average Bonchev–Trinajstić information content (AvgIpc) is 2.49. The van der Waals surface area contributed by atoms with E-state index in [2.05, 4.69) is 10.9 Å². The van der Waals surface area contributed by atoms with Gasteiger partial charge in [-0.2, -0.15) is 0 Å². The van der Waals surface area contributed by atoms with Crippen molar-refractivity contribution in [2.75, 3.05) is 11.4 Å². The van der Waals surface area contributed by atoms with Crippen LogP contribution in [0.15, 0.2) is 18.2 Å². The zero-order valence-corrected chi connectivity index (χ0v) is 13.0. The van der Waals surface area contributed by atoms with E-state index in [1.807, 2.05) is 0 Å². The van der Waals surface area contributed by atoms with Crippen molar-refractivity contribution in [3.63, 3.8) is 0 Å². The Hall–Kier alpha value is -2.90. The van der Waals surface area contributed by atoms with E-state index in [1.165, 1.54) is 24.8 Å². The molecule has 1 aliphatic rings. The lowest BCUT2D eigenvalue weighted by Gasteiger charge is -2.32. The Balaban J connectivity index is 2.29. The van der Waals surface area contributed by atoms with Crippen LogP contribution in [0.4, 0.5) is 5.69 Å². The minimum Gasteiger partial charge on any atom is -0.479 e. The Morgan fingerprint density at radius 1 is 1.22 bits per heavy atom. The Morgan fingerprint density at radius 2 is 1.91 bits per heavy atom. The second-order valence-electron chi connectivity index (χ2n) is 5.15. The quantitative estimate of drug-likeness (QED) is 0.610. The minimum absolute atomic E-state index is 0.165. The third-order valence-electron chi connectivity index (χ3n) is 3.25. The van der Waals surface area contributed by atoms with Crippen LogP contribution in [-0.4, -0.2) is 36.2 Å². The molecule has 23 heavy (non-hydrogen) atoms. The maximum Gasteiger partial charge on any atom is 0.268 e. The van der Waals surface area contributed by atoms with Crippen LogP contribution in [0.2, 0.25) is 0 Å². The summed E-state index contributed by atoms with van der Waals surface area (Å²) in [4.78, 5) is 47.7. The summed E-state index contributed by atoms with van der Waals surface area (Å²) in [6.07, 6.45) is -0.751. The molecule has 2 N–H and O–H groups in total. The smallest absolute Gasteiger partial charge is 0.268 e. The molecule has 2 rings (SSSR count). The highest BCUT2D eigenvalue weighted by Crippen LogP contribution is 2.34. The molecule has 0 bridgehead atoms. The predicted octanol–water partition coefficient (Wildman–Crippen LogP) is 0.170. The van der Waals surface area contributed by atoms with E-state index in [9.17, 15) is 19.2 Å². The largest absolute Gasteiger partial charge is 0.479 e. The molecule has 0 fully saturated rings. The number of fused-ring (bicyclic) bond motifs is 1. The van der Waals surface area contributed by atoms with E-state index in [1.54, 1.807) is 19.1 Å². The number of hydrazine groups is 1. The number of amides is 3. The van der Waals surface area contributed by atoms with Gasteiger partial charge in [0.1, 0.15) is 12.3 Å². The second-order valence-corrected chi connectivity index (χ2v) is 5.15. The van der Waals surface area contributed by atoms with Crippen molar-refractivity contribution in [3.8, 4) is 5.75 Å². The topological polar surface area (TPSA) is 105 Å². The van der Waals surface area contributed by atoms with Gasteiger partial charge in [-0.1, -0.05) is 0 Å². The van der Waals surface area contributed by atoms with Gasteiger partial charge in [-0.25, -0.2) is 0 Å². The fraction of sp³-hybridized carbons (Fsp3) is 0.333. The minimum atomic E-state index is -0.751. The van der Waals surface area contributed by atoms with E-state index in [0.717, 1.165) is 0 Å². The summed E-state index contributed by atoms with van der Waals surface area (Å²) < 4.78 is 5.48. The first-order valence-corrected chi connectivity index (χ1v) is 6.98. The third kappa shape index (κ3) is 3.65. The summed E-state index contributed by atoms with van der Waals surface area (Å²) in [5.41, 5.74) is 5.10. The SMILES string of the molecule is CC(=O)NNC(=O)CN1C(=O)C(C)Oc2ccc(C(C)=O)cc21. The van der Waals surface area contributed by atoms with E-state index < -0.39 is 23.8 Å². The highest BCUT2D eigenvalue weighted by atomic mass is 16.5. The van der Waals surface area contributed by atoms with Crippen LogP contribution in [0.25, 0.3) is 0 Å². The highest BCUT2D eigenvalue weighted by Gasteiger charge is 2.33. The van der Waals surface area contributed by atoms with Crippen LogP contribution in [0, 0.1) is 0 Å². The summed E-state index contributed by atoms with van der Waals surface area (Å²) >= 11 is 0. The Labute approximate surface area is 132 Å². The van der Waals surface area contributed by atoms with Gasteiger partial charge in [-0.05, 0) is 32.0 Å². The Kier molecular flexibility index (Phi) is 4.63. The molecule has 122 valence electrons. The number of carbonyl (C=O) groups is 4. The highest BCUT2D eigenvalue weighted by molar-refractivity contribution is 6.05. The number of hydrogen-bond acceptors (Lipinski definition) is 5. The van der Waals surface area contributed by atoms with Crippen LogP contribution >= 0.6 is 0 Å². The van der Waals surface area contributed by atoms with Crippen LogP contribution in [-0.2, 0) is 14.4 Å².